The van der Waals surface area contributed by atoms with E-state index in [4.69, 9.17) is 9.16 Å². The van der Waals surface area contributed by atoms with Crippen molar-refractivity contribution in [3.63, 3.8) is 0 Å². The van der Waals surface area contributed by atoms with Crippen molar-refractivity contribution in [3.05, 3.63) is 60.7 Å². The monoisotopic (exact) mass is 533 g/mol. The van der Waals surface area contributed by atoms with Crippen LogP contribution in [-0.4, -0.2) is 37.5 Å². The lowest BCUT2D eigenvalue weighted by atomic mass is 10.1. The van der Waals surface area contributed by atoms with Gasteiger partial charge in [0.2, 0.25) is 0 Å². The standard InChI is InChI=1S/C27H40BrNO3Si/c1-8-15-23(28)24(29-25(30)32-26(2,3)4)20-31-33(27(5,6)7,21-16-11-9-12-17-21)22-18-13-10-14-19-22/h9-14,16-19,23-24H,8,15,20H2,1-7H3,(H,29,30)/t23-,24+/m0/s1. The molecule has 0 fully saturated rings. The van der Waals surface area contributed by atoms with Crippen LogP contribution in [0.15, 0.2) is 60.7 Å². The largest absolute Gasteiger partial charge is 0.444 e. The van der Waals surface area contributed by atoms with Gasteiger partial charge >= 0.3 is 6.09 Å². The van der Waals surface area contributed by atoms with Crippen molar-refractivity contribution in [3.8, 4) is 0 Å². The van der Waals surface area contributed by atoms with Crippen LogP contribution < -0.4 is 15.7 Å². The molecule has 1 amide bonds. The van der Waals surface area contributed by atoms with Crippen molar-refractivity contribution >= 4 is 40.7 Å². The van der Waals surface area contributed by atoms with Gasteiger partial charge < -0.3 is 14.5 Å². The van der Waals surface area contributed by atoms with Crippen molar-refractivity contribution < 1.29 is 14.0 Å². The summed E-state index contributed by atoms with van der Waals surface area (Å²) in [5, 5.41) is 5.39. The maximum absolute atomic E-state index is 12.6. The van der Waals surface area contributed by atoms with Gasteiger partial charge in [0.05, 0.1) is 12.6 Å². The molecule has 2 aromatic rings. The topological polar surface area (TPSA) is 47.6 Å². The van der Waals surface area contributed by atoms with Crippen LogP contribution in [0.5, 0.6) is 0 Å². The highest BCUT2D eigenvalue weighted by atomic mass is 79.9. The Morgan fingerprint density at radius 3 is 1.82 bits per heavy atom. The van der Waals surface area contributed by atoms with Gasteiger partial charge in [-0.25, -0.2) is 4.79 Å². The summed E-state index contributed by atoms with van der Waals surface area (Å²) in [6.07, 6.45) is 1.51. The van der Waals surface area contributed by atoms with E-state index in [1.165, 1.54) is 10.4 Å². The van der Waals surface area contributed by atoms with E-state index >= 15 is 0 Å². The molecule has 6 heteroatoms. The Morgan fingerprint density at radius 2 is 1.42 bits per heavy atom. The molecule has 0 aliphatic heterocycles. The maximum atomic E-state index is 12.6. The SMILES string of the molecule is CCC[C@H](Br)[C@@H](CO[Si](c1ccccc1)(c1ccccc1)C(C)(C)C)NC(=O)OC(C)(C)C. The minimum absolute atomic E-state index is 0.0771. The second kappa shape index (κ2) is 11.7. The number of hydrogen-bond donors (Lipinski definition) is 1. The summed E-state index contributed by atoms with van der Waals surface area (Å²) in [6.45, 7) is 14.9. The molecule has 0 aliphatic carbocycles. The molecule has 0 saturated heterocycles. The zero-order valence-electron chi connectivity index (χ0n) is 21.2. The maximum Gasteiger partial charge on any atom is 0.407 e. The molecule has 2 aromatic carbocycles. The number of nitrogens with one attached hydrogen (secondary N) is 1. The normalized spacial score (nSPS) is 14.4. The number of benzene rings is 2. The fraction of sp³-hybridized carbons (Fsp3) is 0.519. The van der Waals surface area contributed by atoms with Gasteiger partial charge in [-0.2, -0.15) is 0 Å². The Morgan fingerprint density at radius 1 is 0.939 bits per heavy atom. The molecule has 0 spiro atoms. The highest BCUT2D eigenvalue weighted by molar-refractivity contribution is 9.09. The molecule has 0 aliphatic rings. The molecule has 0 bridgehead atoms. The average molecular weight is 535 g/mol. The minimum atomic E-state index is -2.69. The average Bonchev–Trinajstić information content (AvgIpc) is 2.72. The summed E-state index contributed by atoms with van der Waals surface area (Å²) < 4.78 is 12.6. The van der Waals surface area contributed by atoms with Gasteiger partial charge in [0, 0.05) is 4.83 Å². The Kier molecular flexibility index (Phi) is 9.77. The Balaban J connectivity index is 2.46. The molecule has 2 rings (SSSR count). The molecule has 0 aromatic heterocycles. The first kappa shape index (κ1) is 27.6. The number of alkyl carbamates (subject to hydrolysis) is 1. The van der Waals surface area contributed by atoms with E-state index in [0.717, 1.165) is 12.8 Å². The number of carbonyl (C=O) groups is 1. The number of hydrogen-bond acceptors (Lipinski definition) is 3. The van der Waals surface area contributed by atoms with Gasteiger partial charge in [0.15, 0.2) is 0 Å². The molecule has 0 unspecified atom stereocenters. The first-order valence-electron chi connectivity index (χ1n) is 11.8. The van der Waals surface area contributed by atoms with Crippen LogP contribution in [-0.2, 0) is 9.16 Å². The van der Waals surface area contributed by atoms with Crippen LogP contribution in [0.3, 0.4) is 0 Å². The minimum Gasteiger partial charge on any atom is -0.444 e. The number of alkyl halides is 1. The molecule has 0 heterocycles. The fourth-order valence-corrected chi connectivity index (χ4v) is 9.48. The number of ether oxygens (including phenoxy) is 1. The lowest BCUT2D eigenvalue weighted by Gasteiger charge is -2.44. The molecule has 182 valence electrons. The van der Waals surface area contributed by atoms with Gasteiger partial charge in [0.1, 0.15) is 5.60 Å². The van der Waals surface area contributed by atoms with Gasteiger partial charge in [-0.15, -0.1) is 0 Å². The summed E-state index contributed by atoms with van der Waals surface area (Å²) in [5.41, 5.74) is -0.556. The van der Waals surface area contributed by atoms with Crippen LogP contribution in [0, 0.1) is 0 Å². The van der Waals surface area contributed by atoms with Gasteiger partial charge in [-0.05, 0) is 42.6 Å². The number of amides is 1. The predicted octanol–water partition coefficient (Wildman–Crippen LogP) is 6.02. The zero-order chi connectivity index (χ0) is 24.7. The smallest absolute Gasteiger partial charge is 0.407 e. The molecular weight excluding hydrogens is 494 g/mol. The predicted molar refractivity (Wildman–Crippen MR) is 144 cm³/mol. The number of halogens is 1. The van der Waals surface area contributed by atoms with E-state index in [9.17, 15) is 4.79 Å². The van der Waals surface area contributed by atoms with Crippen molar-refractivity contribution in [1.82, 2.24) is 5.32 Å². The summed E-state index contributed by atoms with van der Waals surface area (Å²) >= 11 is 3.81. The van der Waals surface area contributed by atoms with Gasteiger partial charge in [-0.1, -0.05) is 111 Å². The number of rotatable bonds is 9. The van der Waals surface area contributed by atoms with E-state index in [-0.39, 0.29) is 15.9 Å². The lowest BCUT2D eigenvalue weighted by molar-refractivity contribution is 0.0484. The highest BCUT2D eigenvalue weighted by Gasteiger charge is 2.50. The second-order valence-electron chi connectivity index (χ2n) is 10.5. The van der Waals surface area contributed by atoms with Crippen LogP contribution in [0.2, 0.25) is 5.04 Å². The van der Waals surface area contributed by atoms with Crippen molar-refractivity contribution in [2.75, 3.05) is 6.61 Å². The Bertz CT molecular complexity index is 823. The van der Waals surface area contributed by atoms with Crippen molar-refractivity contribution in [2.45, 2.75) is 82.8 Å². The van der Waals surface area contributed by atoms with Crippen molar-refractivity contribution in [2.24, 2.45) is 0 Å². The van der Waals surface area contributed by atoms with E-state index in [1.54, 1.807) is 0 Å². The fourth-order valence-electron chi connectivity index (χ4n) is 4.15. The van der Waals surface area contributed by atoms with E-state index in [2.05, 4.69) is 97.5 Å². The first-order valence-corrected chi connectivity index (χ1v) is 14.6. The van der Waals surface area contributed by atoms with E-state index < -0.39 is 20.0 Å². The third kappa shape index (κ3) is 7.43. The quantitative estimate of drug-likeness (QED) is 0.316. The molecule has 2 atom stereocenters. The van der Waals surface area contributed by atoms with Crippen LogP contribution in [0.1, 0.15) is 61.3 Å². The van der Waals surface area contributed by atoms with Gasteiger partial charge in [0.25, 0.3) is 8.32 Å². The Hall–Kier alpha value is -1.63. The summed E-state index contributed by atoms with van der Waals surface area (Å²) in [5.74, 6) is 0. The lowest BCUT2D eigenvalue weighted by Crippen LogP contribution is -2.67. The van der Waals surface area contributed by atoms with E-state index in [1.807, 2.05) is 32.9 Å². The Labute approximate surface area is 209 Å². The molecule has 4 nitrogen and oxygen atoms in total. The van der Waals surface area contributed by atoms with Gasteiger partial charge in [-0.3, -0.25) is 0 Å². The molecule has 0 radical (unpaired) electrons. The molecular formula is C27H40BrNO3Si. The summed E-state index contributed by atoms with van der Waals surface area (Å²) in [6, 6.07) is 20.9. The van der Waals surface area contributed by atoms with Crippen LogP contribution in [0.25, 0.3) is 0 Å². The number of carbonyl (C=O) groups excluding carboxylic acids is 1. The molecule has 0 saturated carbocycles. The molecule has 1 N–H and O–H groups in total. The van der Waals surface area contributed by atoms with Crippen LogP contribution >= 0.6 is 15.9 Å². The third-order valence-electron chi connectivity index (χ3n) is 5.60. The molecule has 33 heavy (non-hydrogen) atoms. The van der Waals surface area contributed by atoms with Crippen molar-refractivity contribution in [1.29, 1.82) is 0 Å². The highest BCUT2D eigenvalue weighted by Crippen LogP contribution is 2.37. The summed E-state index contributed by atoms with van der Waals surface area (Å²) in [7, 11) is -2.69. The van der Waals surface area contributed by atoms with E-state index in [0.29, 0.717) is 6.61 Å². The third-order valence-corrected chi connectivity index (χ3v) is 11.7. The summed E-state index contributed by atoms with van der Waals surface area (Å²) in [4.78, 5) is 12.7. The zero-order valence-corrected chi connectivity index (χ0v) is 23.7. The first-order chi connectivity index (χ1) is 15.4. The second-order valence-corrected chi connectivity index (χ2v) is 16.0. The van der Waals surface area contributed by atoms with Crippen LogP contribution in [0.4, 0.5) is 4.79 Å².